The first-order chi connectivity index (χ1) is 7.66. The number of aliphatic carboxylic acids is 1. The van der Waals surface area contributed by atoms with Crippen molar-refractivity contribution < 1.29 is 14.3 Å². The molecule has 2 rings (SSSR count). The second kappa shape index (κ2) is 4.74. The van der Waals surface area contributed by atoms with Crippen LogP contribution in [0.3, 0.4) is 0 Å². The van der Waals surface area contributed by atoms with Crippen molar-refractivity contribution in [2.24, 2.45) is 0 Å². The minimum Gasteiger partial charge on any atom is -0.480 e. The molecule has 1 atom stereocenters. The average Bonchev–Trinajstić information content (AvgIpc) is 2.29. The summed E-state index contributed by atoms with van der Waals surface area (Å²) in [7, 11) is 0. The average molecular weight is 241 g/mol. The Morgan fingerprint density at radius 2 is 2.38 bits per heavy atom. The topological polar surface area (TPSA) is 40.5 Å². The third-order valence-corrected chi connectivity index (χ3v) is 3.69. The molecule has 1 aromatic carbocycles. The third kappa shape index (κ3) is 2.47. The summed E-state index contributed by atoms with van der Waals surface area (Å²) < 4.78 is 13.0. The summed E-state index contributed by atoms with van der Waals surface area (Å²) in [4.78, 5) is 12.8. The second-order valence-corrected chi connectivity index (χ2v) is 4.93. The van der Waals surface area contributed by atoms with Crippen molar-refractivity contribution in [2.45, 2.75) is 5.25 Å². The van der Waals surface area contributed by atoms with Crippen LogP contribution in [0.2, 0.25) is 0 Å². The number of carboxylic acids is 1. The van der Waals surface area contributed by atoms with Gasteiger partial charge in [0.15, 0.2) is 0 Å². The van der Waals surface area contributed by atoms with Crippen LogP contribution in [0, 0.1) is 5.82 Å². The van der Waals surface area contributed by atoms with Crippen LogP contribution in [0.5, 0.6) is 0 Å². The van der Waals surface area contributed by atoms with Gasteiger partial charge in [0.1, 0.15) is 11.1 Å². The van der Waals surface area contributed by atoms with Crippen LogP contribution in [0.1, 0.15) is 0 Å². The van der Waals surface area contributed by atoms with E-state index in [2.05, 4.69) is 0 Å². The van der Waals surface area contributed by atoms with Gasteiger partial charge in [0.05, 0.1) is 0 Å². The van der Waals surface area contributed by atoms with E-state index in [4.69, 9.17) is 5.11 Å². The largest absolute Gasteiger partial charge is 0.480 e. The standard InChI is InChI=1S/C11H12FNO2S/c12-8-2-1-3-9(6-8)13-4-5-16-10(7-13)11(14)15/h1-3,6,10H,4-5,7H2,(H,14,15). The molecule has 1 aliphatic heterocycles. The summed E-state index contributed by atoms with van der Waals surface area (Å²) in [5.41, 5.74) is 0.756. The van der Waals surface area contributed by atoms with Gasteiger partial charge in [-0.05, 0) is 18.2 Å². The maximum Gasteiger partial charge on any atom is 0.318 e. The molecule has 0 spiro atoms. The number of thioether (sulfide) groups is 1. The summed E-state index contributed by atoms with van der Waals surface area (Å²) in [6.07, 6.45) is 0. The van der Waals surface area contributed by atoms with Gasteiger partial charge in [-0.25, -0.2) is 4.39 Å². The molecule has 3 nitrogen and oxygen atoms in total. The molecule has 1 N–H and O–H groups in total. The quantitative estimate of drug-likeness (QED) is 0.857. The number of carbonyl (C=O) groups is 1. The molecule has 1 saturated heterocycles. The molecule has 16 heavy (non-hydrogen) atoms. The van der Waals surface area contributed by atoms with Gasteiger partial charge in [0.25, 0.3) is 0 Å². The monoisotopic (exact) mass is 241 g/mol. The third-order valence-electron chi connectivity index (χ3n) is 2.52. The number of rotatable bonds is 2. The highest BCUT2D eigenvalue weighted by atomic mass is 32.2. The molecule has 86 valence electrons. The molecule has 1 aliphatic rings. The van der Waals surface area contributed by atoms with Gasteiger partial charge < -0.3 is 10.0 Å². The zero-order valence-corrected chi connectivity index (χ0v) is 9.41. The number of hydrogen-bond acceptors (Lipinski definition) is 3. The van der Waals surface area contributed by atoms with Crippen molar-refractivity contribution in [3.05, 3.63) is 30.1 Å². The molecule has 1 heterocycles. The fourth-order valence-corrected chi connectivity index (χ4v) is 2.74. The lowest BCUT2D eigenvalue weighted by atomic mass is 10.2. The zero-order chi connectivity index (χ0) is 11.5. The summed E-state index contributed by atoms with van der Waals surface area (Å²) in [5.74, 6) is -0.332. The fraction of sp³-hybridized carbons (Fsp3) is 0.364. The number of benzene rings is 1. The van der Waals surface area contributed by atoms with Crippen molar-refractivity contribution in [2.75, 3.05) is 23.7 Å². The van der Waals surface area contributed by atoms with Crippen molar-refractivity contribution in [1.29, 1.82) is 0 Å². The molecule has 0 aromatic heterocycles. The van der Waals surface area contributed by atoms with Crippen molar-refractivity contribution in [3.63, 3.8) is 0 Å². The van der Waals surface area contributed by atoms with E-state index in [-0.39, 0.29) is 5.82 Å². The van der Waals surface area contributed by atoms with Crippen LogP contribution < -0.4 is 4.90 Å². The van der Waals surface area contributed by atoms with Gasteiger partial charge in [-0.2, -0.15) is 0 Å². The SMILES string of the molecule is O=C(O)C1CN(c2cccc(F)c2)CCS1. The predicted molar refractivity (Wildman–Crippen MR) is 62.5 cm³/mol. The number of carboxylic acid groups (broad SMARTS) is 1. The minimum absolute atomic E-state index is 0.289. The maximum absolute atomic E-state index is 13.0. The molecular formula is C11H12FNO2S. The van der Waals surface area contributed by atoms with Gasteiger partial charge in [-0.15, -0.1) is 11.8 Å². The van der Waals surface area contributed by atoms with Gasteiger partial charge in [-0.1, -0.05) is 6.07 Å². The Morgan fingerprint density at radius 1 is 1.56 bits per heavy atom. The van der Waals surface area contributed by atoms with Crippen LogP contribution >= 0.6 is 11.8 Å². The van der Waals surface area contributed by atoms with E-state index in [1.807, 2.05) is 4.90 Å². The molecule has 0 amide bonds. The highest BCUT2D eigenvalue weighted by Gasteiger charge is 2.26. The van der Waals surface area contributed by atoms with E-state index in [0.717, 1.165) is 18.0 Å². The zero-order valence-electron chi connectivity index (χ0n) is 8.60. The first-order valence-corrected chi connectivity index (χ1v) is 6.06. The van der Waals surface area contributed by atoms with E-state index in [1.165, 1.54) is 23.9 Å². The Kier molecular flexibility index (Phi) is 3.33. The Morgan fingerprint density at radius 3 is 3.06 bits per heavy atom. The van der Waals surface area contributed by atoms with Gasteiger partial charge in [-0.3, -0.25) is 4.79 Å². The van der Waals surface area contributed by atoms with E-state index < -0.39 is 11.2 Å². The van der Waals surface area contributed by atoms with Crippen molar-refractivity contribution >= 4 is 23.4 Å². The van der Waals surface area contributed by atoms with E-state index in [9.17, 15) is 9.18 Å². The normalized spacial score (nSPS) is 20.8. The molecule has 0 radical (unpaired) electrons. The van der Waals surface area contributed by atoms with E-state index >= 15 is 0 Å². The fourth-order valence-electron chi connectivity index (χ4n) is 1.71. The smallest absolute Gasteiger partial charge is 0.318 e. The van der Waals surface area contributed by atoms with Crippen molar-refractivity contribution in [3.8, 4) is 0 Å². The van der Waals surface area contributed by atoms with Crippen LogP contribution in [-0.4, -0.2) is 35.2 Å². The summed E-state index contributed by atoms with van der Waals surface area (Å²) in [6, 6.07) is 6.27. The lowest BCUT2D eigenvalue weighted by Crippen LogP contribution is -2.41. The first-order valence-electron chi connectivity index (χ1n) is 5.02. The Bertz CT molecular complexity index is 399. The van der Waals surface area contributed by atoms with Crippen molar-refractivity contribution in [1.82, 2.24) is 0 Å². The highest BCUT2D eigenvalue weighted by molar-refractivity contribution is 8.00. The summed E-state index contributed by atoms with van der Waals surface area (Å²) in [6.45, 7) is 1.20. The minimum atomic E-state index is -0.800. The lowest BCUT2D eigenvalue weighted by molar-refractivity contribution is -0.136. The van der Waals surface area contributed by atoms with Gasteiger partial charge >= 0.3 is 5.97 Å². The Balaban J connectivity index is 2.12. The van der Waals surface area contributed by atoms with Crippen LogP contribution in [0.25, 0.3) is 0 Å². The number of nitrogens with zero attached hydrogens (tertiary/aromatic N) is 1. The van der Waals surface area contributed by atoms with E-state index in [1.54, 1.807) is 12.1 Å². The van der Waals surface area contributed by atoms with Gasteiger partial charge in [0.2, 0.25) is 0 Å². The van der Waals surface area contributed by atoms with E-state index in [0.29, 0.717) is 6.54 Å². The lowest BCUT2D eigenvalue weighted by Gasteiger charge is -2.32. The number of anilines is 1. The predicted octanol–water partition coefficient (Wildman–Crippen LogP) is 1.83. The molecular weight excluding hydrogens is 229 g/mol. The Hall–Kier alpha value is -1.23. The van der Waals surface area contributed by atoms with Gasteiger partial charge in [0, 0.05) is 24.5 Å². The molecule has 0 aliphatic carbocycles. The molecule has 1 unspecified atom stereocenters. The maximum atomic E-state index is 13.0. The first kappa shape index (κ1) is 11.3. The van der Waals surface area contributed by atoms with Crippen LogP contribution in [0.15, 0.2) is 24.3 Å². The summed E-state index contributed by atoms with van der Waals surface area (Å²) in [5, 5.41) is 8.52. The van der Waals surface area contributed by atoms with Crippen LogP contribution in [0.4, 0.5) is 10.1 Å². The van der Waals surface area contributed by atoms with Crippen LogP contribution in [-0.2, 0) is 4.79 Å². The Labute approximate surface area is 97.3 Å². The second-order valence-electron chi connectivity index (χ2n) is 3.62. The summed E-state index contributed by atoms with van der Waals surface area (Å²) >= 11 is 1.44. The molecule has 1 fully saturated rings. The highest BCUT2D eigenvalue weighted by Crippen LogP contribution is 2.24. The number of halogens is 1. The molecule has 0 bridgehead atoms. The number of hydrogen-bond donors (Lipinski definition) is 1. The molecule has 0 saturated carbocycles. The molecule has 1 aromatic rings. The molecule has 5 heteroatoms.